The van der Waals surface area contributed by atoms with Crippen molar-refractivity contribution in [3.05, 3.63) is 0 Å². The fourth-order valence-electron chi connectivity index (χ4n) is 4.38. The summed E-state index contributed by atoms with van der Waals surface area (Å²) in [6.07, 6.45) is -0.741. The van der Waals surface area contributed by atoms with E-state index in [1.54, 1.807) is 41.5 Å². The Morgan fingerprint density at radius 2 is 1.79 bits per heavy atom. The number of nitrogens with one attached hydrogen (secondary N) is 1. The van der Waals surface area contributed by atoms with Gasteiger partial charge >= 0.3 is 12.1 Å². The highest BCUT2D eigenvalue weighted by atomic mass is 16.6. The van der Waals surface area contributed by atoms with E-state index in [1.165, 1.54) is 4.90 Å². The Kier molecular flexibility index (Phi) is 5.78. The topological polar surface area (TPSA) is 105 Å². The molecule has 0 aromatic carbocycles. The van der Waals surface area contributed by atoms with Crippen LogP contribution >= 0.6 is 0 Å². The van der Waals surface area contributed by atoms with Crippen LogP contribution < -0.4 is 5.32 Å². The third-order valence-corrected chi connectivity index (χ3v) is 5.86. The van der Waals surface area contributed by atoms with Gasteiger partial charge in [0.25, 0.3) is 0 Å². The summed E-state index contributed by atoms with van der Waals surface area (Å²) in [4.78, 5) is 39.0. The molecule has 8 heteroatoms. The van der Waals surface area contributed by atoms with Crippen molar-refractivity contribution in [1.29, 1.82) is 0 Å². The van der Waals surface area contributed by atoms with Crippen molar-refractivity contribution in [2.24, 2.45) is 17.3 Å². The van der Waals surface area contributed by atoms with Gasteiger partial charge in [-0.25, -0.2) is 9.59 Å². The van der Waals surface area contributed by atoms with Crippen LogP contribution in [0.15, 0.2) is 0 Å². The molecule has 2 amide bonds. The minimum atomic E-state index is -1.07. The van der Waals surface area contributed by atoms with Crippen molar-refractivity contribution >= 4 is 18.0 Å². The van der Waals surface area contributed by atoms with Crippen molar-refractivity contribution in [3.63, 3.8) is 0 Å². The first-order chi connectivity index (χ1) is 12.6. The molecule has 1 heterocycles. The summed E-state index contributed by atoms with van der Waals surface area (Å²) in [5.74, 6) is -1.40. The lowest BCUT2D eigenvalue weighted by Crippen LogP contribution is -2.62. The minimum Gasteiger partial charge on any atom is -0.480 e. The third kappa shape index (κ3) is 4.26. The van der Waals surface area contributed by atoms with Gasteiger partial charge in [0.2, 0.25) is 5.91 Å². The Morgan fingerprint density at radius 1 is 1.21 bits per heavy atom. The maximum atomic E-state index is 13.4. The van der Waals surface area contributed by atoms with Crippen molar-refractivity contribution in [3.8, 4) is 0 Å². The van der Waals surface area contributed by atoms with Crippen LogP contribution in [0.3, 0.4) is 0 Å². The number of likely N-dealkylation sites (tertiary alicyclic amines) is 1. The second-order valence-electron chi connectivity index (χ2n) is 9.84. The van der Waals surface area contributed by atoms with E-state index in [9.17, 15) is 19.5 Å². The van der Waals surface area contributed by atoms with Gasteiger partial charge < -0.3 is 24.8 Å². The molecule has 0 spiro atoms. The van der Waals surface area contributed by atoms with Gasteiger partial charge in [-0.15, -0.1) is 0 Å². The van der Waals surface area contributed by atoms with Crippen LogP contribution in [0, 0.1) is 17.3 Å². The van der Waals surface area contributed by atoms with Crippen LogP contribution in [0.2, 0.25) is 0 Å². The molecule has 1 aliphatic heterocycles. The van der Waals surface area contributed by atoms with E-state index in [4.69, 9.17) is 9.47 Å². The quantitative estimate of drug-likeness (QED) is 0.711. The smallest absolute Gasteiger partial charge is 0.408 e. The maximum Gasteiger partial charge on any atom is 0.408 e. The van der Waals surface area contributed by atoms with E-state index in [2.05, 4.69) is 5.32 Å². The number of ether oxygens (including phenoxy) is 2. The second kappa shape index (κ2) is 7.21. The Bertz CT molecular complexity index is 652. The molecule has 2 aliphatic rings. The van der Waals surface area contributed by atoms with E-state index in [1.807, 2.05) is 13.8 Å². The molecule has 2 N–H and O–H groups in total. The Labute approximate surface area is 166 Å². The average Bonchev–Trinajstić information content (AvgIpc) is 2.89. The number of alkyl carbamates (subject to hydrolysis) is 1. The first-order valence-electron chi connectivity index (χ1n) is 9.80. The van der Waals surface area contributed by atoms with E-state index in [0.717, 1.165) is 0 Å². The van der Waals surface area contributed by atoms with Crippen LogP contribution in [-0.4, -0.2) is 64.4 Å². The number of hydrogen-bond donors (Lipinski definition) is 2. The predicted molar refractivity (Wildman–Crippen MR) is 103 cm³/mol. The molecule has 160 valence electrons. The molecule has 4 atom stereocenters. The van der Waals surface area contributed by atoms with Gasteiger partial charge in [0.15, 0.2) is 0 Å². The molecule has 2 fully saturated rings. The molecular formula is C20H34N2O6. The monoisotopic (exact) mass is 398 g/mol. The van der Waals surface area contributed by atoms with Crippen LogP contribution in [0.4, 0.5) is 4.79 Å². The molecule has 0 bridgehead atoms. The number of fused-ring (bicyclic) bond motifs is 1. The number of amides is 2. The molecule has 0 aromatic rings. The summed E-state index contributed by atoms with van der Waals surface area (Å²) in [5, 5.41) is 12.4. The molecule has 28 heavy (non-hydrogen) atoms. The van der Waals surface area contributed by atoms with Crippen molar-refractivity contribution in [2.45, 2.75) is 78.7 Å². The maximum absolute atomic E-state index is 13.4. The molecule has 0 aromatic heterocycles. The van der Waals surface area contributed by atoms with E-state index in [0.29, 0.717) is 13.2 Å². The van der Waals surface area contributed by atoms with Crippen LogP contribution in [0.5, 0.6) is 0 Å². The summed E-state index contributed by atoms with van der Waals surface area (Å²) in [6, 6.07) is -1.96. The van der Waals surface area contributed by atoms with Crippen LogP contribution in [0.1, 0.15) is 55.4 Å². The van der Waals surface area contributed by atoms with Crippen LogP contribution in [-0.2, 0) is 19.1 Å². The normalized spacial score (nSPS) is 27.0. The Hall–Kier alpha value is -1.83. The fraction of sp³-hybridized carbons (Fsp3) is 0.850. The zero-order valence-electron chi connectivity index (χ0n) is 18.2. The lowest BCUT2D eigenvalue weighted by atomic mass is 9.94. The Balaban J connectivity index is 2.26. The molecule has 0 radical (unpaired) electrons. The van der Waals surface area contributed by atoms with Crippen molar-refractivity contribution in [1.82, 2.24) is 10.2 Å². The summed E-state index contributed by atoms with van der Waals surface area (Å²) >= 11 is 0. The summed E-state index contributed by atoms with van der Waals surface area (Å²) in [6.45, 7) is 15.1. The molecule has 2 rings (SSSR count). The summed E-state index contributed by atoms with van der Waals surface area (Å²) < 4.78 is 11.0. The van der Waals surface area contributed by atoms with Gasteiger partial charge in [-0.1, -0.05) is 13.8 Å². The number of carboxylic acid groups (broad SMARTS) is 1. The van der Waals surface area contributed by atoms with E-state index in [-0.39, 0.29) is 17.3 Å². The third-order valence-electron chi connectivity index (χ3n) is 5.86. The summed E-state index contributed by atoms with van der Waals surface area (Å²) in [7, 11) is 0. The van der Waals surface area contributed by atoms with E-state index >= 15 is 0 Å². The number of hydrogen-bond acceptors (Lipinski definition) is 5. The molecule has 1 saturated carbocycles. The molecular weight excluding hydrogens is 364 g/mol. The van der Waals surface area contributed by atoms with Gasteiger partial charge in [0.1, 0.15) is 17.7 Å². The van der Waals surface area contributed by atoms with Gasteiger partial charge in [0, 0.05) is 19.1 Å². The largest absolute Gasteiger partial charge is 0.480 e. The molecule has 1 saturated heterocycles. The number of rotatable bonds is 6. The van der Waals surface area contributed by atoms with Gasteiger partial charge in [0.05, 0.1) is 5.60 Å². The Morgan fingerprint density at radius 3 is 2.25 bits per heavy atom. The van der Waals surface area contributed by atoms with Gasteiger partial charge in [-0.05, 0) is 52.9 Å². The number of piperidine rings is 1. The first kappa shape index (κ1) is 22.5. The minimum absolute atomic E-state index is 0.0775. The highest BCUT2D eigenvalue weighted by Crippen LogP contribution is 2.64. The predicted octanol–water partition coefficient (Wildman–Crippen LogP) is 2.26. The van der Waals surface area contributed by atoms with Crippen molar-refractivity contribution < 1.29 is 29.0 Å². The highest BCUT2D eigenvalue weighted by Gasteiger charge is 2.70. The number of carbonyl (C=O) groups excluding carboxylic acids is 2. The number of carbonyl (C=O) groups is 3. The zero-order valence-corrected chi connectivity index (χ0v) is 18.2. The zero-order chi connectivity index (χ0) is 21.7. The van der Waals surface area contributed by atoms with Crippen LogP contribution in [0.25, 0.3) is 0 Å². The number of nitrogens with zero attached hydrogens (tertiary/aromatic N) is 1. The van der Waals surface area contributed by atoms with Gasteiger partial charge in [-0.3, -0.25) is 4.79 Å². The fourth-order valence-corrected chi connectivity index (χ4v) is 4.38. The lowest BCUT2D eigenvalue weighted by molar-refractivity contribution is -0.155. The average molecular weight is 399 g/mol. The molecule has 1 aliphatic carbocycles. The van der Waals surface area contributed by atoms with E-state index < -0.39 is 41.3 Å². The highest BCUT2D eigenvalue weighted by molar-refractivity contribution is 5.91. The second-order valence-corrected chi connectivity index (χ2v) is 9.84. The van der Waals surface area contributed by atoms with Crippen molar-refractivity contribution in [2.75, 3.05) is 13.2 Å². The molecule has 8 nitrogen and oxygen atoms in total. The number of aliphatic carboxylic acids is 1. The summed E-state index contributed by atoms with van der Waals surface area (Å²) in [5.41, 5.74) is -1.85. The molecule has 1 unspecified atom stereocenters. The first-order valence-corrected chi connectivity index (χ1v) is 9.80. The van der Waals surface area contributed by atoms with Gasteiger partial charge in [-0.2, -0.15) is 0 Å². The standard InChI is InChI=1S/C20H34N2O6/c1-9-27-20(7,8)14(21-17(26)28-18(2,3)4)15(23)22-10-11-12(19(11,5)6)13(22)16(24)25/h11-14H,9-10H2,1-8H3,(H,21,26)(H,24,25)/t11-,12-,13-,14?/m0/s1. The SMILES string of the molecule is CCOC(C)(C)C(NC(=O)OC(C)(C)C)C(=O)N1C[C@H]2[C@@H]([C@H]1C(=O)O)C2(C)C. The lowest BCUT2D eigenvalue weighted by Gasteiger charge is -2.38. The number of carboxylic acids is 1.